The van der Waals surface area contributed by atoms with Crippen LogP contribution in [0.15, 0.2) is 42.6 Å². The number of anilines is 2. The van der Waals surface area contributed by atoms with Crippen LogP contribution in [0, 0.1) is 0 Å². The van der Waals surface area contributed by atoms with E-state index in [-0.39, 0.29) is 11.9 Å². The minimum absolute atomic E-state index is 0.238. The largest absolute Gasteiger partial charge is 0.506 e. The van der Waals surface area contributed by atoms with Gasteiger partial charge >= 0.3 is 0 Å². The molecule has 1 aromatic heterocycles. The molecule has 2 aliphatic rings. The van der Waals surface area contributed by atoms with Gasteiger partial charge in [-0.3, -0.25) is 4.90 Å². The van der Waals surface area contributed by atoms with Crippen LogP contribution in [0.25, 0.3) is 10.9 Å². The molecular formula is C23H28N4O2. The molecule has 0 aliphatic carbocycles. The molecule has 2 atom stereocenters. The number of likely N-dealkylation sites (N-methyl/N-ethyl adjacent to an activating group) is 2. The van der Waals surface area contributed by atoms with Gasteiger partial charge in [-0.1, -0.05) is 18.2 Å². The van der Waals surface area contributed by atoms with E-state index in [1.54, 1.807) is 6.07 Å². The van der Waals surface area contributed by atoms with E-state index in [1.807, 2.05) is 43.6 Å². The summed E-state index contributed by atoms with van der Waals surface area (Å²) in [6.45, 7) is 1.73. The van der Waals surface area contributed by atoms with Gasteiger partial charge in [0.25, 0.3) is 0 Å². The lowest BCUT2D eigenvalue weighted by atomic mass is 9.93. The number of hydrogen-bond acceptors (Lipinski definition) is 5. The number of aromatic nitrogens is 1. The minimum Gasteiger partial charge on any atom is -0.506 e. The van der Waals surface area contributed by atoms with E-state index in [9.17, 15) is 10.2 Å². The van der Waals surface area contributed by atoms with Gasteiger partial charge in [0.15, 0.2) is 0 Å². The van der Waals surface area contributed by atoms with Crippen molar-refractivity contribution in [3.63, 3.8) is 0 Å². The Hall–Kier alpha value is -2.54. The molecule has 3 heterocycles. The highest BCUT2D eigenvalue weighted by atomic mass is 16.3. The Labute approximate surface area is 171 Å². The quantitative estimate of drug-likeness (QED) is 0.637. The molecule has 152 valence electrons. The number of aromatic hydroxyl groups is 1. The van der Waals surface area contributed by atoms with Crippen LogP contribution in [-0.4, -0.2) is 65.4 Å². The molecule has 6 nitrogen and oxygen atoms in total. The Kier molecular flexibility index (Phi) is 4.13. The standard InChI is InChI=1S/C23H28N4O2/c1-25(2)12-10-15-14-24-17-8-9-19(28)21(20(15)17)27-18-7-5-4-6-16(18)23(29)11-13-26(3)22(23)27/h4-9,14,22,24,28-29H,10-13H2,1-3H3. The van der Waals surface area contributed by atoms with Gasteiger partial charge in [0.05, 0.1) is 5.69 Å². The summed E-state index contributed by atoms with van der Waals surface area (Å²) >= 11 is 0. The van der Waals surface area contributed by atoms with Crippen LogP contribution >= 0.6 is 0 Å². The third kappa shape index (κ3) is 2.60. The zero-order valence-corrected chi connectivity index (χ0v) is 17.2. The minimum atomic E-state index is -0.944. The zero-order valence-electron chi connectivity index (χ0n) is 17.2. The normalized spacial score (nSPS) is 23.9. The molecule has 2 unspecified atom stereocenters. The van der Waals surface area contributed by atoms with E-state index in [0.717, 1.165) is 47.4 Å². The number of nitrogens with one attached hydrogen (secondary N) is 1. The van der Waals surface area contributed by atoms with Gasteiger partial charge in [0.2, 0.25) is 0 Å². The fraction of sp³-hybridized carbons (Fsp3) is 0.391. The maximum atomic E-state index is 11.7. The van der Waals surface area contributed by atoms with E-state index in [0.29, 0.717) is 6.42 Å². The second-order valence-corrected chi connectivity index (χ2v) is 8.64. The summed E-state index contributed by atoms with van der Waals surface area (Å²) in [4.78, 5) is 9.87. The summed E-state index contributed by atoms with van der Waals surface area (Å²) < 4.78 is 0. The molecule has 3 aromatic rings. The maximum absolute atomic E-state index is 11.7. The van der Waals surface area contributed by atoms with E-state index < -0.39 is 5.60 Å². The molecule has 0 amide bonds. The Morgan fingerprint density at radius 2 is 2.00 bits per heavy atom. The van der Waals surface area contributed by atoms with Gasteiger partial charge in [-0.2, -0.15) is 0 Å². The first-order chi connectivity index (χ1) is 13.9. The number of aliphatic hydroxyl groups is 1. The lowest BCUT2D eigenvalue weighted by Crippen LogP contribution is -2.46. The van der Waals surface area contributed by atoms with Crippen molar-refractivity contribution in [3.8, 4) is 5.75 Å². The number of para-hydroxylation sites is 1. The number of benzene rings is 2. The lowest BCUT2D eigenvalue weighted by Gasteiger charge is -2.35. The van der Waals surface area contributed by atoms with Crippen LogP contribution in [0.2, 0.25) is 0 Å². The lowest BCUT2D eigenvalue weighted by molar-refractivity contribution is 0.0178. The summed E-state index contributed by atoms with van der Waals surface area (Å²) in [5.74, 6) is 0.238. The van der Waals surface area contributed by atoms with E-state index in [2.05, 4.69) is 33.8 Å². The smallest absolute Gasteiger partial charge is 0.140 e. The second kappa shape index (κ2) is 6.49. The summed E-state index contributed by atoms with van der Waals surface area (Å²) in [6.07, 6.45) is 3.36. The van der Waals surface area contributed by atoms with Crippen LogP contribution in [0.4, 0.5) is 11.4 Å². The number of phenolic OH excluding ortho intramolecular Hbond substituents is 1. The molecular weight excluding hydrogens is 364 g/mol. The summed E-state index contributed by atoms with van der Waals surface area (Å²) in [6, 6.07) is 11.7. The molecule has 1 saturated heterocycles. The molecule has 6 heteroatoms. The first kappa shape index (κ1) is 18.5. The van der Waals surface area contributed by atoms with Crippen LogP contribution in [0.1, 0.15) is 17.5 Å². The van der Waals surface area contributed by atoms with Crippen molar-refractivity contribution < 1.29 is 10.2 Å². The summed E-state index contributed by atoms with van der Waals surface area (Å²) in [5.41, 5.74) is 3.92. The molecule has 0 saturated carbocycles. The van der Waals surface area contributed by atoms with Crippen LogP contribution < -0.4 is 4.90 Å². The molecule has 2 aromatic carbocycles. The molecule has 2 aliphatic heterocycles. The first-order valence-corrected chi connectivity index (χ1v) is 10.2. The van der Waals surface area contributed by atoms with Gasteiger partial charge in [-0.15, -0.1) is 0 Å². The SMILES string of the molecule is CN(C)CCc1c[nH]c2ccc(O)c(N3c4ccccc4C4(O)CCN(C)C34)c12. The monoisotopic (exact) mass is 392 g/mol. The summed E-state index contributed by atoms with van der Waals surface area (Å²) in [7, 11) is 6.18. The maximum Gasteiger partial charge on any atom is 0.140 e. The average molecular weight is 393 g/mol. The predicted molar refractivity (Wildman–Crippen MR) is 116 cm³/mol. The van der Waals surface area contributed by atoms with Crippen molar-refractivity contribution >= 4 is 22.3 Å². The average Bonchev–Trinajstić information content (AvgIpc) is 3.32. The Balaban J connectivity index is 1.75. The topological polar surface area (TPSA) is 66.0 Å². The van der Waals surface area contributed by atoms with Gasteiger partial charge < -0.3 is 25.0 Å². The Morgan fingerprint density at radius 3 is 2.79 bits per heavy atom. The molecule has 29 heavy (non-hydrogen) atoms. The van der Waals surface area contributed by atoms with Crippen LogP contribution in [-0.2, 0) is 12.0 Å². The van der Waals surface area contributed by atoms with Crippen LogP contribution in [0.5, 0.6) is 5.75 Å². The van der Waals surface area contributed by atoms with Gasteiger partial charge in [-0.05, 0) is 57.7 Å². The van der Waals surface area contributed by atoms with Crippen LogP contribution in [0.3, 0.4) is 0 Å². The van der Waals surface area contributed by atoms with Gasteiger partial charge in [-0.25, -0.2) is 0 Å². The number of likely N-dealkylation sites (tertiary alicyclic amines) is 1. The van der Waals surface area contributed by atoms with E-state index in [1.165, 1.54) is 5.56 Å². The number of hydrogen-bond donors (Lipinski definition) is 3. The van der Waals surface area contributed by atoms with E-state index >= 15 is 0 Å². The predicted octanol–water partition coefficient (Wildman–Crippen LogP) is 2.98. The number of fused-ring (bicyclic) bond motifs is 4. The third-order valence-electron chi connectivity index (χ3n) is 6.51. The summed E-state index contributed by atoms with van der Waals surface area (Å²) in [5, 5.41) is 23.7. The van der Waals surface area contributed by atoms with Gasteiger partial charge in [0.1, 0.15) is 17.5 Å². The van der Waals surface area contributed by atoms with E-state index in [4.69, 9.17) is 0 Å². The number of rotatable bonds is 4. The Bertz CT molecular complexity index is 1080. The third-order valence-corrected chi connectivity index (χ3v) is 6.51. The molecule has 1 fully saturated rings. The molecule has 0 bridgehead atoms. The molecule has 0 radical (unpaired) electrons. The van der Waals surface area contributed by atoms with Crippen molar-refractivity contribution in [1.29, 1.82) is 0 Å². The fourth-order valence-electron chi connectivity index (χ4n) is 5.12. The van der Waals surface area contributed by atoms with Gasteiger partial charge in [0, 0.05) is 41.4 Å². The number of nitrogens with zero attached hydrogens (tertiary/aromatic N) is 3. The second-order valence-electron chi connectivity index (χ2n) is 8.64. The number of phenols is 1. The molecule has 5 rings (SSSR count). The van der Waals surface area contributed by atoms with Crippen molar-refractivity contribution in [2.75, 3.05) is 39.1 Å². The Morgan fingerprint density at radius 1 is 1.21 bits per heavy atom. The molecule has 3 N–H and O–H groups in total. The van der Waals surface area contributed by atoms with Crippen molar-refractivity contribution in [2.24, 2.45) is 0 Å². The number of H-pyrrole nitrogens is 1. The molecule has 0 spiro atoms. The number of aromatic amines is 1. The zero-order chi connectivity index (χ0) is 20.3. The van der Waals surface area contributed by atoms with Crippen molar-refractivity contribution in [1.82, 2.24) is 14.8 Å². The fourth-order valence-corrected chi connectivity index (χ4v) is 5.12. The highest BCUT2D eigenvalue weighted by Crippen LogP contribution is 2.55. The first-order valence-electron chi connectivity index (χ1n) is 10.2. The highest BCUT2D eigenvalue weighted by Gasteiger charge is 2.56. The van der Waals surface area contributed by atoms with Crippen molar-refractivity contribution in [2.45, 2.75) is 24.6 Å². The van der Waals surface area contributed by atoms with Crippen molar-refractivity contribution in [3.05, 3.63) is 53.7 Å². The highest BCUT2D eigenvalue weighted by molar-refractivity contribution is 6.01.